The van der Waals surface area contributed by atoms with Crippen molar-refractivity contribution < 1.29 is 32.4 Å². The van der Waals surface area contributed by atoms with Crippen LogP contribution in [0.4, 0.5) is 4.79 Å². The Bertz CT molecular complexity index is 927. The van der Waals surface area contributed by atoms with Crippen molar-refractivity contribution in [3.8, 4) is 11.5 Å². The van der Waals surface area contributed by atoms with Gasteiger partial charge in [0.05, 0.1) is 18.8 Å². The summed E-state index contributed by atoms with van der Waals surface area (Å²) in [6, 6.07) is 17.0. The van der Waals surface area contributed by atoms with E-state index in [0.29, 0.717) is 6.42 Å². The quantitative estimate of drug-likeness (QED) is 0.484. The average molecular weight is 461 g/mol. The molecule has 1 amide bonds. The summed E-state index contributed by atoms with van der Waals surface area (Å²) in [4.78, 5) is 13.6. The lowest BCUT2D eigenvalue weighted by Gasteiger charge is -2.34. The minimum absolute atomic E-state index is 0.0208. The van der Waals surface area contributed by atoms with Crippen LogP contribution >= 0.6 is 7.82 Å². The Morgan fingerprint density at radius 3 is 1.94 bits per heavy atom. The van der Waals surface area contributed by atoms with Crippen molar-refractivity contribution in [1.82, 2.24) is 4.90 Å². The van der Waals surface area contributed by atoms with Crippen molar-refractivity contribution in [2.24, 2.45) is 0 Å². The van der Waals surface area contributed by atoms with Gasteiger partial charge in [0, 0.05) is 12.6 Å². The molecule has 0 unspecified atom stereocenters. The van der Waals surface area contributed by atoms with Gasteiger partial charge >= 0.3 is 13.9 Å². The number of phosphoric ester groups is 1. The Kier molecular flexibility index (Phi) is 7.48. The van der Waals surface area contributed by atoms with Gasteiger partial charge in [-0.1, -0.05) is 36.4 Å². The first kappa shape index (κ1) is 23.7. The summed E-state index contributed by atoms with van der Waals surface area (Å²) in [5.41, 5.74) is -0.426. The zero-order chi connectivity index (χ0) is 23.2. The van der Waals surface area contributed by atoms with E-state index in [9.17, 15) is 9.36 Å². The highest BCUT2D eigenvalue weighted by Gasteiger charge is 2.39. The van der Waals surface area contributed by atoms with Crippen LogP contribution in [0.5, 0.6) is 11.5 Å². The molecule has 172 valence electrons. The molecule has 0 fully saturated rings. The van der Waals surface area contributed by atoms with Crippen LogP contribution in [0.25, 0.3) is 0 Å². The molecule has 1 atom stereocenters. The van der Waals surface area contributed by atoms with Gasteiger partial charge in [0.2, 0.25) is 5.88 Å². The monoisotopic (exact) mass is 461 g/mol. The first-order chi connectivity index (χ1) is 15.2. The summed E-state index contributed by atoms with van der Waals surface area (Å²) in [5, 5.41) is 0. The van der Waals surface area contributed by atoms with Gasteiger partial charge in [-0.2, -0.15) is 4.57 Å². The minimum Gasteiger partial charge on any atom is -0.452 e. The van der Waals surface area contributed by atoms with E-state index < -0.39 is 19.5 Å². The number of benzene rings is 2. The van der Waals surface area contributed by atoms with E-state index in [1.54, 1.807) is 66.7 Å². The Morgan fingerprint density at radius 2 is 1.47 bits per heavy atom. The number of ether oxygens (including phenoxy) is 2. The maximum absolute atomic E-state index is 13.7. The van der Waals surface area contributed by atoms with Crippen molar-refractivity contribution in [2.75, 3.05) is 13.7 Å². The number of phosphoric acid groups is 1. The molecule has 0 aliphatic carbocycles. The average Bonchev–Trinajstić information content (AvgIpc) is 2.73. The molecule has 0 aromatic heterocycles. The summed E-state index contributed by atoms with van der Waals surface area (Å²) >= 11 is 0. The van der Waals surface area contributed by atoms with Gasteiger partial charge in [-0.3, -0.25) is 0 Å². The number of hydrogen-bond acceptors (Lipinski definition) is 7. The molecule has 1 aliphatic heterocycles. The third-order valence-electron chi connectivity index (χ3n) is 4.26. The van der Waals surface area contributed by atoms with E-state index in [1.807, 2.05) is 20.8 Å². The maximum Gasteiger partial charge on any atom is 0.648 e. The lowest BCUT2D eigenvalue weighted by Crippen LogP contribution is -2.40. The standard InChI is InChI=1S/C23H28NO7P/c1-23(2,3)28-20-15-16-24(22(25)27-4)21(17-20)31-32(26,29-18-11-7-5-8-12-18)30-19-13-9-6-10-14-19/h5-14,17,20H,15-16H2,1-4H3/t20-/m1/s1. The predicted molar refractivity (Wildman–Crippen MR) is 119 cm³/mol. The first-order valence-electron chi connectivity index (χ1n) is 10.2. The number of amides is 1. The zero-order valence-corrected chi connectivity index (χ0v) is 19.5. The van der Waals surface area contributed by atoms with E-state index in [0.717, 1.165) is 0 Å². The number of hydrogen-bond donors (Lipinski definition) is 0. The summed E-state index contributed by atoms with van der Waals surface area (Å²) in [6.07, 6.45) is 1.08. The molecular weight excluding hydrogens is 433 g/mol. The number of para-hydroxylation sites is 2. The number of carbonyl (C=O) groups excluding carboxylic acids is 1. The fourth-order valence-electron chi connectivity index (χ4n) is 3.01. The molecule has 0 N–H and O–H groups in total. The predicted octanol–water partition coefficient (Wildman–Crippen LogP) is 5.77. The summed E-state index contributed by atoms with van der Waals surface area (Å²) in [7, 11) is -3.01. The third kappa shape index (κ3) is 6.77. The fraction of sp³-hybridized carbons (Fsp3) is 0.348. The van der Waals surface area contributed by atoms with Crippen molar-refractivity contribution in [3.05, 3.63) is 72.6 Å². The van der Waals surface area contributed by atoms with Gasteiger partial charge in [-0.25, -0.2) is 9.69 Å². The van der Waals surface area contributed by atoms with E-state index in [4.69, 9.17) is 23.0 Å². The lowest BCUT2D eigenvalue weighted by molar-refractivity contribution is -0.0506. The number of carbonyl (C=O) groups is 1. The molecule has 2 aromatic rings. The molecule has 32 heavy (non-hydrogen) atoms. The molecule has 8 nitrogen and oxygen atoms in total. The van der Waals surface area contributed by atoms with Gasteiger partial charge in [0.1, 0.15) is 11.5 Å². The topological polar surface area (TPSA) is 83.5 Å². The molecule has 1 heterocycles. The van der Waals surface area contributed by atoms with Crippen molar-refractivity contribution in [1.29, 1.82) is 0 Å². The van der Waals surface area contributed by atoms with Gasteiger partial charge in [-0.15, -0.1) is 0 Å². The molecule has 3 rings (SSSR count). The summed E-state index contributed by atoms with van der Waals surface area (Å²) in [6.45, 7) is 6.03. The maximum atomic E-state index is 13.7. The Morgan fingerprint density at radius 1 is 0.938 bits per heavy atom. The second-order valence-corrected chi connectivity index (χ2v) is 9.47. The van der Waals surface area contributed by atoms with Crippen LogP contribution in [0.2, 0.25) is 0 Å². The SMILES string of the molecule is COC(=O)N1CC[C@@H](OC(C)(C)C)C=C1OP(=O)(Oc1ccccc1)Oc1ccccc1. The van der Waals surface area contributed by atoms with Gasteiger partial charge in [0.15, 0.2) is 0 Å². The second kappa shape index (κ2) is 10.1. The van der Waals surface area contributed by atoms with Crippen LogP contribution < -0.4 is 9.05 Å². The Labute approximate surface area is 188 Å². The van der Waals surface area contributed by atoms with E-state index >= 15 is 0 Å². The van der Waals surface area contributed by atoms with Gasteiger partial charge in [0.25, 0.3) is 0 Å². The van der Waals surface area contributed by atoms with E-state index in [2.05, 4.69) is 0 Å². The second-order valence-electron chi connectivity index (χ2n) is 8.03. The zero-order valence-electron chi connectivity index (χ0n) is 18.6. The minimum atomic E-state index is -4.27. The molecule has 0 saturated heterocycles. The highest BCUT2D eigenvalue weighted by atomic mass is 31.2. The largest absolute Gasteiger partial charge is 0.648 e. The Balaban J connectivity index is 1.94. The van der Waals surface area contributed by atoms with Crippen LogP contribution in [0.1, 0.15) is 27.2 Å². The summed E-state index contributed by atoms with van der Waals surface area (Å²) in [5.74, 6) is 0.554. The molecule has 1 aliphatic rings. The van der Waals surface area contributed by atoms with Crippen LogP contribution in [0.3, 0.4) is 0 Å². The summed E-state index contributed by atoms with van der Waals surface area (Å²) < 4.78 is 41.7. The highest BCUT2D eigenvalue weighted by molar-refractivity contribution is 7.49. The smallest absolute Gasteiger partial charge is 0.452 e. The molecule has 0 spiro atoms. The molecule has 0 radical (unpaired) electrons. The van der Waals surface area contributed by atoms with Crippen molar-refractivity contribution in [3.63, 3.8) is 0 Å². The van der Waals surface area contributed by atoms with E-state index in [-0.39, 0.29) is 30.0 Å². The molecule has 9 heteroatoms. The van der Waals surface area contributed by atoms with Crippen LogP contribution in [0.15, 0.2) is 72.6 Å². The fourth-order valence-corrected chi connectivity index (χ4v) is 4.27. The Hall–Kier alpha value is -2.96. The highest BCUT2D eigenvalue weighted by Crippen LogP contribution is 2.52. The molecule has 0 bridgehead atoms. The van der Waals surface area contributed by atoms with Gasteiger partial charge in [-0.05, 0) is 51.5 Å². The van der Waals surface area contributed by atoms with Crippen LogP contribution in [0, 0.1) is 0 Å². The van der Waals surface area contributed by atoms with E-state index in [1.165, 1.54) is 12.0 Å². The van der Waals surface area contributed by atoms with Crippen molar-refractivity contribution >= 4 is 13.9 Å². The number of methoxy groups -OCH3 is 1. The molecule has 0 saturated carbocycles. The van der Waals surface area contributed by atoms with Gasteiger partial charge < -0.3 is 23.0 Å². The van der Waals surface area contributed by atoms with Crippen molar-refractivity contribution in [2.45, 2.75) is 38.9 Å². The first-order valence-corrected chi connectivity index (χ1v) is 11.7. The normalized spacial score (nSPS) is 16.7. The van der Waals surface area contributed by atoms with Crippen LogP contribution in [-0.4, -0.2) is 36.4 Å². The third-order valence-corrected chi connectivity index (χ3v) is 5.54. The van der Waals surface area contributed by atoms with Crippen LogP contribution in [-0.2, 0) is 18.6 Å². The number of nitrogens with zero attached hydrogens (tertiary/aromatic N) is 1. The number of rotatable bonds is 7. The molecule has 2 aromatic carbocycles. The lowest BCUT2D eigenvalue weighted by atomic mass is 10.1. The molecular formula is C23H28NO7P.